The normalized spacial score (nSPS) is 20.9. The molecule has 7 nitrogen and oxygen atoms in total. The fraction of sp³-hybridized carbons (Fsp3) is 0.409. The minimum Gasteiger partial charge on any atom is -0.475 e. The Balaban J connectivity index is 0.000000406. The molecule has 4 rings (SSSR count). The van der Waals surface area contributed by atoms with Crippen LogP contribution in [0.1, 0.15) is 21.7 Å². The molecule has 3 heterocycles. The number of carbonyl (C=O) groups is 3. The summed E-state index contributed by atoms with van der Waals surface area (Å²) < 4.78 is 45.4. The first-order valence-electron chi connectivity index (χ1n) is 10.2. The van der Waals surface area contributed by atoms with Crippen molar-refractivity contribution in [3.05, 3.63) is 52.0 Å². The number of likely N-dealkylation sites (tertiary alicyclic amines) is 1. The number of benzene rings is 1. The first-order valence-corrected chi connectivity index (χ1v) is 11.1. The van der Waals surface area contributed by atoms with E-state index in [4.69, 9.17) is 9.90 Å². The van der Waals surface area contributed by atoms with Crippen molar-refractivity contribution >= 4 is 34.8 Å². The molecule has 2 fully saturated rings. The number of nitrogens with zero attached hydrogens (tertiary/aromatic N) is 3. The highest BCUT2D eigenvalue weighted by atomic mass is 32.1. The molecule has 1 spiro atoms. The first kappa shape index (κ1) is 25.6. The molecular weight excluding hydrogens is 478 g/mol. The van der Waals surface area contributed by atoms with E-state index in [9.17, 15) is 27.2 Å². The zero-order valence-corrected chi connectivity index (χ0v) is 19.2. The number of hydrogen-bond donors (Lipinski definition) is 1. The molecule has 2 aromatic rings. The molecule has 1 aromatic heterocycles. The van der Waals surface area contributed by atoms with Crippen LogP contribution in [-0.4, -0.2) is 77.6 Å². The Morgan fingerprint density at radius 3 is 2.41 bits per heavy atom. The standard InChI is InChI=1S/C20H22FN3O2S.C2HF3O2/c1-14-6-9-27-18(14)19(26)23-8-7-20(12-23)13-24(17(25)11-22(20)2)16-5-3-4-15(21)10-16;3-2(4,5)1(6)7/h3-6,9-10H,7-8,11-13H2,1-2H3;(H,6,7). The molecule has 12 heteroatoms. The summed E-state index contributed by atoms with van der Waals surface area (Å²) in [6, 6.07) is 8.10. The van der Waals surface area contributed by atoms with Crippen molar-refractivity contribution in [3.8, 4) is 0 Å². The van der Waals surface area contributed by atoms with Gasteiger partial charge in [-0.3, -0.25) is 14.5 Å². The third-order valence-corrected chi connectivity index (χ3v) is 6.98. The molecule has 0 bridgehead atoms. The summed E-state index contributed by atoms with van der Waals surface area (Å²) in [4.78, 5) is 40.8. The highest BCUT2D eigenvalue weighted by molar-refractivity contribution is 7.12. The minimum absolute atomic E-state index is 0.0485. The van der Waals surface area contributed by atoms with Crippen LogP contribution in [0.15, 0.2) is 35.7 Å². The summed E-state index contributed by atoms with van der Waals surface area (Å²) >= 11 is 1.47. The molecular formula is C22H23F4N3O4S. The van der Waals surface area contributed by atoms with Crippen LogP contribution in [0, 0.1) is 12.7 Å². The molecule has 1 atom stereocenters. The van der Waals surface area contributed by atoms with Gasteiger partial charge in [-0.25, -0.2) is 9.18 Å². The Bertz CT molecular complexity index is 1090. The van der Waals surface area contributed by atoms with Crippen molar-refractivity contribution in [1.29, 1.82) is 0 Å². The van der Waals surface area contributed by atoms with E-state index in [-0.39, 0.29) is 29.7 Å². The molecule has 2 aliphatic rings. The third kappa shape index (κ3) is 5.39. The summed E-state index contributed by atoms with van der Waals surface area (Å²) in [6.45, 7) is 3.90. The van der Waals surface area contributed by atoms with Gasteiger partial charge in [-0.2, -0.15) is 13.2 Å². The highest BCUT2D eigenvalue weighted by Gasteiger charge is 2.49. The van der Waals surface area contributed by atoms with E-state index in [1.54, 1.807) is 17.0 Å². The number of likely N-dealkylation sites (N-methyl/N-ethyl adjacent to an activating group) is 1. The molecule has 1 N–H and O–H groups in total. The van der Waals surface area contributed by atoms with Crippen molar-refractivity contribution in [1.82, 2.24) is 9.80 Å². The van der Waals surface area contributed by atoms with Gasteiger partial charge in [-0.1, -0.05) is 6.07 Å². The third-order valence-electron chi connectivity index (χ3n) is 5.97. The number of carboxylic acids is 1. The zero-order valence-electron chi connectivity index (χ0n) is 18.4. The van der Waals surface area contributed by atoms with Crippen LogP contribution in [0.4, 0.5) is 23.2 Å². The molecule has 2 amide bonds. The fourth-order valence-electron chi connectivity index (χ4n) is 4.04. The lowest BCUT2D eigenvalue weighted by Gasteiger charge is -2.46. The lowest BCUT2D eigenvalue weighted by Crippen LogP contribution is -2.64. The molecule has 0 radical (unpaired) electrons. The van der Waals surface area contributed by atoms with Crippen molar-refractivity contribution in [2.75, 3.05) is 38.1 Å². The van der Waals surface area contributed by atoms with Crippen molar-refractivity contribution in [2.45, 2.75) is 25.1 Å². The molecule has 2 aliphatic heterocycles. The van der Waals surface area contributed by atoms with Gasteiger partial charge in [0.05, 0.1) is 17.0 Å². The molecule has 184 valence electrons. The topological polar surface area (TPSA) is 81.2 Å². The van der Waals surface area contributed by atoms with E-state index in [1.165, 1.54) is 23.5 Å². The number of piperazine rings is 1. The Hall–Kier alpha value is -2.99. The van der Waals surface area contributed by atoms with Gasteiger partial charge in [-0.05, 0) is 55.6 Å². The second-order valence-corrected chi connectivity index (χ2v) is 9.17. The number of carbonyl (C=O) groups excluding carboxylic acids is 2. The molecule has 2 saturated heterocycles. The predicted molar refractivity (Wildman–Crippen MR) is 117 cm³/mol. The number of alkyl halides is 3. The maximum Gasteiger partial charge on any atom is 0.490 e. The molecule has 0 saturated carbocycles. The van der Waals surface area contributed by atoms with E-state index in [1.807, 2.05) is 30.3 Å². The molecule has 1 unspecified atom stereocenters. The van der Waals surface area contributed by atoms with Crippen LogP contribution < -0.4 is 4.90 Å². The fourth-order valence-corrected chi connectivity index (χ4v) is 4.94. The number of aliphatic carboxylic acids is 1. The van der Waals surface area contributed by atoms with Gasteiger partial charge in [0.1, 0.15) is 5.82 Å². The second kappa shape index (κ2) is 9.71. The van der Waals surface area contributed by atoms with E-state index in [0.29, 0.717) is 25.3 Å². The van der Waals surface area contributed by atoms with Crippen LogP contribution in [-0.2, 0) is 9.59 Å². The summed E-state index contributed by atoms with van der Waals surface area (Å²) in [5, 5.41) is 9.06. The quantitative estimate of drug-likeness (QED) is 0.639. The van der Waals surface area contributed by atoms with Gasteiger partial charge in [0.15, 0.2) is 0 Å². The number of halogens is 4. The summed E-state index contributed by atoms with van der Waals surface area (Å²) in [5.74, 6) is -3.10. The second-order valence-electron chi connectivity index (χ2n) is 8.25. The van der Waals surface area contributed by atoms with Crippen molar-refractivity contribution in [2.24, 2.45) is 0 Å². The Labute approximate surface area is 197 Å². The number of hydrogen-bond acceptors (Lipinski definition) is 5. The Morgan fingerprint density at radius 2 is 1.85 bits per heavy atom. The monoisotopic (exact) mass is 501 g/mol. The van der Waals surface area contributed by atoms with Gasteiger partial charge < -0.3 is 14.9 Å². The van der Waals surface area contributed by atoms with Crippen LogP contribution >= 0.6 is 11.3 Å². The van der Waals surface area contributed by atoms with E-state index in [2.05, 4.69) is 4.90 Å². The number of carboxylic acid groups (broad SMARTS) is 1. The Morgan fingerprint density at radius 1 is 1.18 bits per heavy atom. The van der Waals surface area contributed by atoms with Crippen molar-refractivity contribution < 1.29 is 37.1 Å². The average Bonchev–Trinajstić information content (AvgIpc) is 3.37. The number of aryl methyl sites for hydroxylation is 1. The van der Waals surface area contributed by atoms with Crippen molar-refractivity contribution in [3.63, 3.8) is 0 Å². The van der Waals surface area contributed by atoms with Crippen LogP contribution in [0.2, 0.25) is 0 Å². The molecule has 1 aromatic carbocycles. The number of anilines is 1. The first-order chi connectivity index (χ1) is 15.8. The maximum atomic E-state index is 13.7. The van der Waals surface area contributed by atoms with Gasteiger partial charge in [-0.15, -0.1) is 11.3 Å². The number of thiophene rings is 1. The SMILES string of the molecule is Cc1ccsc1C(=O)N1CCC2(C1)CN(c1cccc(F)c1)C(=O)CN2C.O=C(O)C(F)(F)F. The van der Waals surface area contributed by atoms with Gasteiger partial charge in [0, 0.05) is 25.3 Å². The highest BCUT2D eigenvalue weighted by Crippen LogP contribution is 2.34. The van der Waals surface area contributed by atoms with Crippen LogP contribution in [0.5, 0.6) is 0 Å². The zero-order chi connectivity index (χ0) is 25.3. The lowest BCUT2D eigenvalue weighted by molar-refractivity contribution is -0.192. The van der Waals surface area contributed by atoms with Gasteiger partial charge in [0.25, 0.3) is 5.91 Å². The smallest absolute Gasteiger partial charge is 0.475 e. The largest absolute Gasteiger partial charge is 0.490 e. The number of rotatable bonds is 2. The Kier molecular flexibility index (Phi) is 7.32. The summed E-state index contributed by atoms with van der Waals surface area (Å²) in [7, 11) is 1.94. The maximum absolute atomic E-state index is 13.7. The van der Waals surface area contributed by atoms with Crippen LogP contribution in [0.3, 0.4) is 0 Å². The minimum atomic E-state index is -5.08. The average molecular weight is 502 g/mol. The lowest BCUT2D eigenvalue weighted by atomic mass is 9.92. The summed E-state index contributed by atoms with van der Waals surface area (Å²) in [6.07, 6.45) is -4.29. The van der Waals surface area contributed by atoms with E-state index in [0.717, 1.165) is 16.9 Å². The molecule has 34 heavy (non-hydrogen) atoms. The summed E-state index contributed by atoms with van der Waals surface area (Å²) in [5.41, 5.74) is 1.27. The van der Waals surface area contributed by atoms with Gasteiger partial charge >= 0.3 is 12.1 Å². The number of amides is 2. The van der Waals surface area contributed by atoms with E-state index < -0.39 is 12.1 Å². The van der Waals surface area contributed by atoms with E-state index >= 15 is 0 Å². The predicted octanol–water partition coefficient (Wildman–Crippen LogP) is 3.39. The molecule has 0 aliphatic carbocycles. The van der Waals surface area contributed by atoms with Crippen LogP contribution in [0.25, 0.3) is 0 Å². The van der Waals surface area contributed by atoms with Gasteiger partial charge in [0.2, 0.25) is 5.91 Å².